The average molecular weight is 389 g/mol. The van der Waals surface area contributed by atoms with Crippen molar-refractivity contribution in [2.24, 2.45) is 0 Å². The predicted octanol–water partition coefficient (Wildman–Crippen LogP) is 3.33. The van der Waals surface area contributed by atoms with Gasteiger partial charge in [-0.05, 0) is 41.3 Å². The molecule has 2 aromatic rings. The van der Waals surface area contributed by atoms with Gasteiger partial charge in [-0.15, -0.1) is 0 Å². The third-order valence-corrected chi connectivity index (χ3v) is 6.97. The molecule has 27 heavy (non-hydrogen) atoms. The van der Waals surface area contributed by atoms with Crippen LogP contribution < -0.4 is 4.74 Å². The third kappa shape index (κ3) is 4.69. The smallest absolute Gasteiger partial charge is 0.243 e. The number of hydrogen-bond acceptors (Lipinski definition) is 4. The Morgan fingerprint density at radius 3 is 2.26 bits per heavy atom. The standard InChI is InChI=1S/C21H28N2O3S/c1-17(2)19-7-9-21(10-8-19)27(24,25)23-13-11-22(12-14-23)16-18-5-4-6-20(15-18)26-3/h4-10,15,17H,11-14,16H2,1-3H3. The molecule has 1 aliphatic heterocycles. The number of ether oxygens (including phenoxy) is 1. The average Bonchev–Trinajstić information content (AvgIpc) is 2.68. The Balaban J connectivity index is 1.62. The van der Waals surface area contributed by atoms with Gasteiger partial charge >= 0.3 is 0 Å². The minimum atomic E-state index is -3.42. The van der Waals surface area contributed by atoms with Crippen LogP contribution in [0.15, 0.2) is 53.4 Å². The second kappa shape index (κ2) is 8.42. The summed E-state index contributed by atoms with van der Waals surface area (Å²) in [5.41, 5.74) is 2.33. The lowest BCUT2D eigenvalue weighted by atomic mass is 10.0. The van der Waals surface area contributed by atoms with Crippen molar-refractivity contribution in [3.63, 3.8) is 0 Å². The van der Waals surface area contributed by atoms with Crippen molar-refractivity contribution in [3.8, 4) is 5.75 Å². The number of rotatable bonds is 6. The summed E-state index contributed by atoms with van der Waals surface area (Å²) in [6.45, 7) is 7.47. The largest absolute Gasteiger partial charge is 0.497 e. The second-order valence-electron chi connectivity index (χ2n) is 7.26. The lowest BCUT2D eigenvalue weighted by molar-refractivity contribution is 0.181. The van der Waals surface area contributed by atoms with Gasteiger partial charge in [0.25, 0.3) is 0 Å². The summed E-state index contributed by atoms with van der Waals surface area (Å²) in [6, 6.07) is 15.3. The molecule has 0 bridgehead atoms. The summed E-state index contributed by atoms with van der Waals surface area (Å²) in [5, 5.41) is 0. The van der Waals surface area contributed by atoms with Crippen molar-refractivity contribution in [1.29, 1.82) is 0 Å². The summed E-state index contributed by atoms with van der Waals surface area (Å²) in [7, 11) is -1.76. The second-order valence-corrected chi connectivity index (χ2v) is 9.19. The topological polar surface area (TPSA) is 49.9 Å². The van der Waals surface area contributed by atoms with Crippen LogP contribution in [0.1, 0.15) is 30.9 Å². The van der Waals surface area contributed by atoms with E-state index < -0.39 is 10.0 Å². The van der Waals surface area contributed by atoms with Gasteiger partial charge in [0.1, 0.15) is 5.75 Å². The Morgan fingerprint density at radius 2 is 1.67 bits per heavy atom. The van der Waals surface area contributed by atoms with Crippen LogP contribution in [0.3, 0.4) is 0 Å². The van der Waals surface area contributed by atoms with E-state index in [4.69, 9.17) is 4.74 Å². The first-order chi connectivity index (χ1) is 12.9. The Labute approximate surface area is 162 Å². The molecule has 6 heteroatoms. The van der Waals surface area contributed by atoms with E-state index in [0.717, 1.165) is 30.9 Å². The molecule has 0 spiro atoms. The summed E-state index contributed by atoms with van der Waals surface area (Å²) in [5.74, 6) is 1.24. The highest BCUT2D eigenvalue weighted by Crippen LogP contribution is 2.22. The van der Waals surface area contributed by atoms with Crippen LogP contribution in [0, 0.1) is 0 Å². The summed E-state index contributed by atoms with van der Waals surface area (Å²) < 4.78 is 32.7. The summed E-state index contributed by atoms with van der Waals surface area (Å²) in [6.07, 6.45) is 0. The van der Waals surface area contributed by atoms with Gasteiger partial charge in [0.15, 0.2) is 0 Å². The highest BCUT2D eigenvalue weighted by atomic mass is 32.2. The molecule has 0 amide bonds. The highest BCUT2D eigenvalue weighted by Gasteiger charge is 2.28. The zero-order chi connectivity index (χ0) is 19.4. The molecule has 0 saturated carbocycles. The molecular formula is C21H28N2O3S. The molecule has 1 fully saturated rings. The molecule has 0 atom stereocenters. The van der Waals surface area contributed by atoms with Gasteiger partial charge < -0.3 is 4.74 Å². The van der Waals surface area contributed by atoms with E-state index in [2.05, 4.69) is 24.8 Å². The van der Waals surface area contributed by atoms with Gasteiger partial charge in [0.2, 0.25) is 10.0 Å². The van der Waals surface area contributed by atoms with Crippen molar-refractivity contribution in [1.82, 2.24) is 9.21 Å². The summed E-state index contributed by atoms with van der Waals surface area (Å²) in [4.78, 5) is 2.66. The first-order valence-corrected chi connectivity index (χ1v) is 10.8. The molecule has 0 unspecified atom stereocenters. The molecule has 0 radical (unpaired) electrons. The van der Waals surface area contributed by atoms with E-state index in [-0.39, 0.29) is 0 Å². The van der Waals surface area contributed by atoms with E-state index in [0.29, 0.717) is 23.9 Å². The Bertz CT molecular complexity index is 855. The fourth-order valence-corrected chi connectivity index (χ4v) is 4.75. The number of hydrogen-bond donors (Lipinski definition) is 0. The lowest BCUT2D eigenvalue weighted by Gasteiger charge is -2.34. The van der Waals surface area contributed by atoms with E-state index in [1.165, 1.54) is 5.56 Å². The SMILES string of the molecule is COc1cccc(CN2CCN(S(=O)(=O)c3ccc(C(C)C)cc3)CC2)c1. The van der Waals surface area contributed by atoms with Gasteiger partial charge in [0, 0.05) is 32.7 Å². The fourth-order valence-electron chi connectivity index (χ4n) is 3.33. The van der Waals surface area contributed by atoms with Crippen LogP contribution in [-0.4, -0.2) is 50.9 Å². The number of nitrogens with zero attached hydrogens (tertiary/aromatic N) is 2. The molecule has 1 aliphatic rings. The Hall–Kier alpha value is -1.89. The summed E-state index contributed by atoms with van der Waals surface area (Å²) >= 11 is 0. The van der Waals surface area contributed by atoms with Crippen LogP contribution >= 0.6 is 0 Å². The van der Waals surface area contributed by atoms with Crippen LogP contribution in [0.2, 0.25) is 0 Å². The molecule has 0 aliphatic carbocycles. The van der Waals surface area contributed by atoms with Crippen LogP contribution in [0.5, 0.6) is 5.75 Å². The molecule has 1 saturated heterocycles. The number of piperazine rings is 1. The molecule has 0 aromatic heterocycles. The monoisotopic (exact) mass is 388 g/mol. The van der Waals surface area contributed by atoms with Crippen molar-refractivity contribution in [2.75, 3.05) is 33.3 Å². The van der Waals surface area contributed by atoms with E-state index in [1.54, 1.807) is 23.5 Å². The van der Waals surface area contributed by atoms with Gasteiger partial charge in [-0.3, -0.25) is 4.90 Å². The van der Waals surface area contributed by atoms with Crippen LogP contribution in [-0.2, 0) is 16.6 Å². The molecular weight excluding hydrogens is 360 g/mol. The van der Waals surface area contributed by atoms with Gasteiger partial charge in [-0.1, -0.05) is 38.1 Å². The molecule has 3 rings (SSSR count). The minimum absolute atomic E-state index is 0.383. The maximum Gasteiger partial charge on any atom is 0.243 e. The fraction of sp³-hybridized carbons (Fsp3) is 0.429. The first-order valence-electron chi connectivity index (χ1n) is 9.35. The third-order valence-electron chi connectivity index (χ3n) is 5.06. The Kier molecular flexibility index (Phi) is 6.19. The van der Waals surface area contributed by atoms with E-state index >= 15 is 0 Å². The van der Waals surface area contributed by atoms with Crippen molar-refractivity contribution >= 4 is 10.0 Å². The van der Waals surface area contributed by atoms with Crippen molar-refractivity contribution in [2.45, 2.75) is 31.2 Å². The maximum absolute atomic E-state index is 12.9. The van der Waals surface area contributed by atoms with Crippen LogP contribution in [0.25, 0.3) is 0 Å². The van der Waals surface area contributed by atoms with E-state index in [9.17, 15) is 8.42 Å². The van der Waals surface area contributed by atoms with Crippen molar-refractivity contribution < 1.29 is 13.2 Å². The normalized spacial score (nSPS) is 16.6. The van der Waals surface area contributed by atoms with Crippen LogP contribution in [0.4, 0.5) is 0 Å². The quantitative estimate of drug-likeness (QED) is 0.762. The highest BCUT2D eigenvalue weighted by molar-refractivity contribution is 7.89. The van der Waals surface area contributed by atoms with Crippen molar-refractivity contribution in [3.05, 3.63) is 59.7 Å². The van der Waals surface area contributed by atoms with Gasteiger partial charge in [0.05, 0.1) is 12.0 Å². The molecule has 2 aromatic carbocycles. The zero-order valence-corrected chi connectivity index (χ0v) is 17.1. The molecule has 146 valence electrons. The zero-order valence-electron chi connectivity index (χ0n) is 16.3. The lowest BCUT2D eigenvalue weighted by Crippen LogP contribution is -2.48. The van der Waals surface area contributed by atoms with Gasteiger partial charge in [-0.25, -0.2) is 8.42 Å². The number of sulfonamides is 1. The Morgan fingerprint density at radius 1 is 1.00 bits per heavy atom. The van der Waals surface area contributed by atoms with Gasteiger partial charge in [-0.2, -0.15) is 4.31 Å². The number of benzene rings is 2. The van der Waals surface area contributed by atoms with E-state index in [1.807, 2.05) is 30.3 Å². The molecule has 1 heterocycles. The maximum atomic E-state index is 12.9. The first kappa shape index (κ1) is 19.9. The number of methoxy groups -OCH3 is 1. The minimum Gasteiger partial charge on any atom is -0.497 e. The molecule has 0 N–H and O–H groups in total. The molecule has 5 nitrogen and oxygen atoms in total. The predicted molar refractivity (Wildman–Crippen MR) is 108 cm³/mol.